The Bertz CT molecular complexity index is 640. The van der Waals surface area contributed by atoms with Gasteiger partial charge in [0, 0.05) is 5.02 Å². The zero-order valence-electron chi connectivity index (χ0n) is 9.71. The summed E-state index contributed by atoms with van der Waals surface area (Å²) in [5, 5.41) is 8.86. The van der Waals surface area contributed by atoms with Gasteiger partial charge in [-0.05, 0) is 12.1 Å². The summed E-state index contributed by atoms with van der Waals surface area (Å²) < 4.78 is 28.6. The number of aromatic carboxylic acids is 1. The van der Waals surface area contributed by atoms with Crippen molar-refractivity contribution >= 4 is 33.3 Å². The molecule has 7 nitrogen and oxygen atoms in total. The number of amides is 1. The van der Waals surface area contributed by atoms with Crippen molar-refractivity contribution in [3.63, 3.8) is 0 Å². The molecule has 1 aromatic carbocycles. The Labute approximate surface area is 113 Å². The molecule has 1 rings (SSSR count). The van der Waals surface area contributed by atoms with E-state index >= 15 is 0 Å². The van der Waals surface area contributed by atoms with Crippen LogP contribution < -0.4 is 10.5 Å². The van der Waals surface area contributed by atoms with E-state index in [0.717, 1.165) is 19.2 Å². The number of nitrogens with two attached hydrogens (primary N) is 1. The van der Waals surface area contributed by atoms with Crippen LogP contribution in [0, 0.1) is 0 Å². The van der Waals surface area contributed by atoms with Crippen molar-refractivity contribution in [2.45, 2.75) is 4.90 Å². The van der Waals surface area contributed by atoms with E-state index in [1.54, 1.807) is 0 Å². The van der Waals surface area contributed by atoms with Crippen LogP contribution in [-0.2, 0) is 14.6 Å². The second kappa shape index (κ2) is 5.45. The summed E-state index contributed by atoms with van der Waals surface area (Å²) in [6.07, 6.45) is 0. The van der Waals surface area contributed by atoms with Crippen molar-refractivity contribution in [1.29, 1.82) is 0 Å². The van der Waals surface area contributed by atoms with Crippen LogP contribution in [0.3, 0.4) is 0 Å². The van der Waals surface area contributed by atoms with Crippen LogP contribution >= 0.6 is 11.6 Å². The molecular weight excluding hydrogens is 298 g/mol. The first-order valence-electron chi connectivity index (χ1n) is 4.81. The van der Waals surface area contributed by atoms with Gasteiger partial charge in [-0.25, -0.2) is 13.2 Å². The lowest BCUT2D eigenvalue weighted by atomic mass is 10.2. The monoisotopic (exact) mass is 307 g/mol. The second-order valence-corrected chi connectivity index (χ2v) is 5.91. The molecule has 0 bridgehead atoms. The zero-order valence-corrected chi connectivity index (χ0v) is 11.3. The highest BCUT2D eigenvalue weighted by Crippen LogP contribution is 2.32. The van der Waals surface area contributed by atoms with Crippen LogP contribution in [0.5, 0.6) is 5.75 Å². The van der Waals surface area contributed by atoms with E-state index in [9.17, 15) is 18.0 Å². The third-order valence-electron chi connectivity index (χ3n) is 2.12. The van der Waals surface area contributed by atoms with Gasteiger partial charge >= 0.3 is 5.97 Å². The van der Waals surface area contributed by atoms with Gasteiger partial charge in [-0.15, -0.1) is 0 Å². The molecule has 0 spiro atoms. The Morgan fingerprint density at radius 3 is 2.42 bits per heavy atom. The van der Waals surface area contributed by atoms with Gasteiger partial charge in [0.15, 0.2) is 15.6 Å². The summed E-state index contributed by atoms with van der Waals surface area (Å²) in [6.45, 7) is 0. The number of carboxylic acid groups (broad SMARTS) is 1. The summed E-state index contributed by atoms with van der Waals surface area (Å²) in [7, 11) is -3.02. The van der Waals surface area contributed by atoms with E-state index in [1.807, 2.05) is 0 Å². The number of halogens is 1. The fourth-order valence-electron chi connectivity index (χ4n) is 1.43. The molecule has 3 N–H and O–H groups in total. The average Bonchev–Trinajstić information content (AvgIpc) is 2.25. The van der Waals surface area contributed by atoms with Crippen LogP contribution in [0.15, 0.2) is 17.0 Å². The number of sulfone groups is 1. The molecule has 0 unspecified atom stereocenters. The van der Waals surface area contributed by atoms with Gasteiger partial charge in [0.2, 0.25) is 5.91 Å². The van der Waals surface area contributed by atoms with Crippen LogP contribution in [0.4, 0.5) is 0 Å². The van der Waals surface area contributed by atoms with E-state index in [0.29, 0.717) is 0 Å². The number of primary amides is 1. The third kappa shape index (κ3) is 3.36. The molecule has 0 aliphatic heterocycles. The van der Waals surface area contributed by atoms with Gasteiger partial charge < -0.3 is 15.6 Å². The molecular formula is C10H10ClNO6S. The van der Waals surface area contributed by atoms with Crippen molar-refractivity contribution in [3.8, 4) is 5.75 Å². The highest BCUT2D eigenvalue weighted by atomic mass is 35.5. The summed E-state index contributed by atoms with van der Waals surface area (Å²) in [5.41, 5.74) is 4.42. The molecule has 104 valence electrons. The molecule has 0 aromatic heterocycles. The van der Waals surface area contributed by atoms with Gasteiger partial charge in [0.05, 0.1) is 7.11 Å². The Kier molecular flexibility index (Phi) is 4.38. The number of ether oxygens (including phenoxy) is 1. The van der Waals surface area contributed by atoms with Gasteiger partial charge in [-0.3, -0.25) is 4.79 Å². The first kappa shape index (κ1) is 15.3. The fourth-order valence-corrected chi connectivity index (χ4v) is 3.03. The maximum atomic E-state index is 11.9. The highest BCUT2D eigenvalue weighted by molar-refractivity contribution is 7.92. The quantitative estimate of drug-likeness (QED) is 0.806. The fraction of sp³-hybridized carbons (Fsp3) is 0.200. The summed E-state index contributed by atoms with van der Waals surface area (Å²) in [4.78, 5) is 21.3. The Morgan fingerprint density at radius 2 is 2.00 bits per heavy atom. The smallest absolute Gasteiger partial charge is 0.339 e. The van der Waals surface area contributed by atoms with Crippen molar-refractivity contribution in [1.82, 2.24) is 0 Å². The summed E-state index contributed by atoms with van der Waals surface area (Å²) in [5.74, 6) is -3.84. The minimum atomic E-state index is -4.13. The maximum absolute atomic E-state index is 11.9. The second-order valence-electron chi connectivity index (χ2n) is 3.52. The SMILES string of the molecule is COc1c(C(=O)O)cc(Cl)cc1S(=O)(=O)CC(N)=O. The number of hydrogen-bond acceptors (Lipinski definition) is 5. The molecule has 0 saturated carbocycles. The van der Waals surface area contributed by atoms with E-state index < -0.39 is 43.7 Å². The van der Waals surface area contributed by atoms with Gasteiger partial charge in [-0.2, -0.15) is 0 Å². The Morgan fingerprint density at radius 1 is 1.42 bits per heavy atom. The van der Waals surface area contributed by atoms with Gasteiger partial charge in [0.1, 0.15) is 16.2 Å². The molecule has 0 atom stereocenters. The van der Waals surface area contributed by atoms with Crippen LogP contribution in [0.1, 0.15) is 10.4 Å². The molecule has 0 heterocycles. The average molecular weight is 308 g/mol. The van der Waals surface area contributed by atoms with Gasteiger partial charge in [-0.1, -0.05) is 11.6 Å². The van der Waals surface area contributed by atoms with Crippen LogP contribution in [0.2, 0.25) is 5.02 Å². The zero-order chi connectivity index (χ0) is 14.8. The van der Waals surface area contributed by atoms with E-state index in [2.05, 4.69) is 0 Å². The number of carboxylic acids is 1. The number of rotatable bonds is 5. The molecule has 0 saturated heterocycles. The predicted octanol–water partition coefficient (Wildman–Crippen LogP) is 0.306. The highest BCUT2D eigenvalue weighted by Gasteiger charge is 2.27. The lowest BCUT2D eigenvalue weighted by Crippen LogP contribution is -2.24. The number of benzene rings is 1. The number of carbonyl (C=O) groups excluding carboxylic acids is 1. The normalized spacial score (nSPS) is 11.1. The molecule has 1 amide bonds. The topological polar surface area (TPSA) is 124 Å². The van der Waals surface area contributed by atoms with E-state index in [1.165, 1.54) is 0 Å². The molecule has 0 aliphatic carbocycles. The van der Waals surface area contributed by atoms with Crippen LogP contribution in [0.25, 0.3) is 0 Å². The number of carbonyl (C=O) groups is 2. The van der Waals surface area contributed by atoms with E-state index in [-0.39, 0.29) is 5.02 Å². The Hall–Kier alpha value is -1.80. The van der Waals surface area contributed by atoms with Gasteiger partial charge in [0.25, 0.3) is 0 Å². The Balaban J connectivity index is 3.59. The first-order valence-corrected chi connectivity index (χ1v) is 6.84. The predicted molar refractivity (Wildman–Crippen MR) is 66.2 cm³/mol. The van der Waals surface area contributed by atoms with Crippen LogP contribution in [-0.4, -0.2) is 38.3 Å². The molecule has 9 heteroatoms. The standard InChI is InChI=1S/C10H10ClNO6S/c1-18-9-6(10(14)15)2-5(11)3-7(9)19(16,17)4-8(12)13/h2-3H,4H2,1H3,(H2,12,13)(H,14,15). The summed E-state index contributed by atoms with van der Waals surface area (Å²) in [6, 6.07) is 2.05. The molecule has 0 fully saturated rings. The number of methoxy groups -OCH3 is 1. The minimum Gasteiger partial charge on any atom is -0.494 e. The first-order chi connectivity index (χ1) is 8.69. The van der Waals surface area contributed by atoms with Crippen molar-refractivity contribution in [2.75, 3.05) is 12.9 Å². The summed E-state index contributed by atoms with van der Waals surface area (Å²) >= 11 is 5.67. The van der Waals surface area contributed by atoms with Crippen molar-refractivity contribution < 1.29 is 27.9 Å². The minimum absolute atomic E-state index is 0.110. The lowest BCUT2D eigenvalue weighted by molar-refractivity contribution is -0.115. The molecule has 0 radical (unpaired) electrons. The van der Waals surface area contributed by atoms with Crippen molar-refractivity contribution in [2.24, 2.45) is 5.73 Å². The molecule has 19 heavy (non-hydrogen) atoms. The van der Waals surface area contributed by atoms with E-state index in [4.69, 9.17) is 27.2 Å². The maximum Gasteiger partial charge on any atom is 0.339 e. The molecule has 0 aliphatic rings. The lowest BCUT2D eigenvalue weighted by Gasteiger charge is -2.11. The van der Waals surface area contributed by atoms with Crippen molar-refractivity contribution in [3.05, 3.63) is 22.7 Å². The molecule has 1 aromatic rings. The largest absolute Gasteiger partial charge is 0.494 e. The number of hydrogen-bond donors (Lipinski definition) is 2. The third-order valence-corrected chi connectivity index (χ3v) is 3.98.